The lowest BCUT2D eigenvalue weighted by Crippen LogP contribution is -2.31. The SMILES string of the molecule is Cc1cc(CCNCc2ccc3c(c2)CCC(=O)N3C)ccc1C#N. The monoisotopic (exact) mass is 333 g/mol. The zero-order valence-electron chi connectivity index (χ0n) is 14.8. The van der Waals surface area contributed by atoms with Crippen molar-refractivity contribution in [1.29, 1.82) is 5.26 Å². The highest BCUT2D eigenvalue weighted by atomic mass is 16.2. The third-order valence-corrected chi connectivity index (χ3v) is 4.82. The molecule has 0 fully saturated rings. The summed E-state index contributed by atoms with van der Waals surface area (Å²) in [5.41, 5.74) is 6.56. The molecule has 1 aliphatic heterocycles. The lowest BCUT2D eigenvalue weighted by Gasteiger charge is -2.26. The number of anilines is 1. The number of nitrogens with one attached hydrogen (secondary N) is 1. The van der Waals surface area contributed by atoms with Crippen LogP contribution in [0.5, 0.6) is 0 Å². The summed E-state index contributed by atoms with van der Waals surface area (Å²) in [4.78, 5) is 13.5. The first-order valence-corrected chi connectivity index (χ1v) is 8.67. The number of hydrogen-bond donors (Lipinski definition) is 1. The number of carbonyl (C=O) groups is 1. The van der Waals surface area contributed by atoms with E-state index in [0.717, 1.165) is 42.7 Å². The minimum atomic E-state index is 0.191. The lowest BCUT2D eigenvalue weighted by atomic mass is 9.99. The van der Waals surface area contributed by atoms with Gasteiger partial charge < -0.3 is 10.2 Å². The highest BCUT2D eigenvalue weighted by molar-refractivity contribution is 5.95. The molecule has 1 aliphatic rings. The zero-order chi connectivity index (χ0) is 17.8. The molecule has 4 nitrogen and oxygen atoms in total. The quantitative estimate of drug-likeness (QED) is 0.856. The van der Waals surface area contributed by atoms with Gasteiger partial charge in [-0.1, -0.05) is 24.3 Å². The van der Waals surface area contributed by atoms with E-state index in [4.69, 9.17) is 5.26 Å². The Kier molecular flexibility index (Phi) is 5.16. The molecule has 128 valence electrons. The van der Waals surface area contributed by atoms with E-state index < -0.39 is 0 Å². The van der Waals surface area contributed by atoms with E-state index >= 15 is 0 Å². The summed E-state index contributed by atoms with van der Waals surface area (Å²) in [6.45, 7) is 3.69. The van der Waals surface area contributed by atoms with Crippen molar-refractivity contribution in [3.63, 3.8) is 0 Å². The van der Waals surface area contributed by atoms with E-state index in [2.05, 4.69) is 29.6 Å². The average Bonchev–Trinajstić information content (AvgIpc) is 2.62. The van der Waals surface area contributed by atoms with Crippen molar-refractivity contribution in [2.45, 2.75) is 32.7 Å². The topological polar surface area (TPSA) is 56.1 Å². The number of carbonyl (C=O) groups excluding carboxylic acids is 1. The maximum absolute atomic E-state index is 11.7. The number of fused-ring (bicyclic) bond motifs is 1. The van der Waals surface area contributed by atoms with Crippen LogP contribution < -0.4 is 10.2 Å². The summed E-state index contributed by atoms with van der Waals surface area (Å²) < 4.78 is 0. The minimum absolute atomic E-state index is 0.191. The molecule has 2 aromatic rings. The Morgan fingerprint density at radius 2 is 1.96 bits per heavy atom. The highest BCUT2D eigenvalue weighted by Gasteiger charge is 2.20. The van der Waals surface area contributed by atoms with Gasteiger partial charge in [0.25, 0.3) is 0 Å². The number of nitriles is 1. The first kappa shape index (κ1) is 17.2. The molecular weight excluding hydrogens is 310 g/mol. The fourth-order valence-corrected chi connectivity index (χ4v) is 3.29. The Labute approximate surface area is 149 Å². The molecular formula is C21H23N3O. The fourth-order valence-electron chi connectivity index (χ4n) is 3.29. The van der Waals surface area contributed by atoms with Gasteiger partial charge in [-0.3, -0.25) is 4.79 Å². The summed E-state index contributed by atoms with van der Waals surface area (Å²) in [6, 6.07) is 14.6. The number of hydrogen-bond acceptors (Lipinski definition) is 3. The van der Waals surface area contributed by atoms with Crippen LogP contribution in [0.2, 0.25) is 0 Å². The second-order valence-electron chi connectivity index (χ2n) is 6.60. The highest BCUT2D eigenvalue weighted by Crippen LogP contribution is 2.27. The first-order valence-electron chi connectivity index (χ1n) is 8.67. The van der Waals surface area contributed by atoms with Gasteiger partial charge in [-0.15, -0.1) is 0 Å². The lowest BCUT2D eigenvalue weighted by molar-refractivity contribution is -0.118. The third kappa shape index (κ3) is 3.89. The molecule has 0 aliphatic carbocycles. The van der Waals surface area contributed by atoms with Crippen molar-refractivity contribution in [1.82, 2.24) is 5.32 Å². The van der Waals surface area contributed by atoms with Gasteiger partial charge in [0.15, 0.2) is 0 Å². The largest absolute Gasteiger partial charge is 0.315 e. The molecule has 1 N–H and O–H groups in total. The molecule has 0 aromatic heterocycles. The van der Waals surface area contributed by atoms with E-state index in [9.17, 15) is 4.79 Å². The molecule has 0 saturated heterocycles. The maximum atomic E-state index is 11.7. The first-order chi connectivity index (χ1) is 12.1. The molecule has 0 atom stereocenters. The van der Waals surface area contributed by atoms with Gasteiger partial charge in [0.1, 0.15) is 0 Å². The third-order valence-electron chi connectivity index (χ3n) is 4.82. The zero-order valence-corrected chi connectivity index (χ0v) is 14.8. The molecule has 1 heterocycles. The summed E-state index contributed by atoms with van der Waals surface area (Å²) in [7, 11) is 1.85. The van der Waals surface area contributed by atoms with Crippen LogP contribution >= 0.6 is 0 Å². The van der Waals surface area contributed by atoms with Crippen molar-refractivity contribution < 1.29 is 4.79 Å². The van der Waals surface area contributed by atoms with Crippen molar-refractivity contribution in [2.75, 3.05) is 18.5 Å². The smallest absolute Gasteiger partial charge is 0.227 e. The summed E-state index contributed by atoms with van der Waals surface area (Å²) >= 11 is 0. The molecule has 0 bridgehead atoms. The summed E-state index contributed by atoms with van der Waals surface area (Å²) in [5.74, 6) is 0.191. The van der Waals surface area contributed by atoms with E-state index in [-0.39, 0.29) is 5.91 Å². The Balaban J connectivity index is 1.54. The molecule has 0 unspecified atom stereocenters. The van der Waals surface area contributed by atoms with Gasteiger partial charge in [-0.25, -0.2) is 0 Å². The van der Waals surface area contributed by atoms with Crippen LogP contribution in [-0.2, 0) is 24.2 Å². The van der Waals surface area contributed by atoms with E-state index in [0.29, 0.717) is 6.42 Å². The molecule has 0 saturated carbocycles. The van der Waals surface area contributed by atoms with E-state index in [1.165, 1.54) is 16.7 Å². The number of rotatable bonds is 5. The van der Waals surface area contributed by atoms with Gasteiger partial charge in [-0.2, -0.15) is 5.26 Å². The second kappa shape index (κ2) is 7.50. The summed E-state index contributed by atoms with van der Waals surface area (Å²) in [5, 5.41) is 12.5. The van der Waals surface area contributed by atoms with Crippen LogP contribution in [-0.4, -0.2) is 19.5 Å². The van der Waals surface area contributed by atoms with Gasteiger partial charge >= 0.3 is 0 Å². The Morgan fingerprint density at radius 1 is 1.16 bits per heavy atom. The van der Waals surface area contributed by atoms with E-state index in [1.807, 2.05) is 32.2 Å². The van der Waals surface area contributed by atoms with Crippen LogP contribution in [0, 0.1) is 18.3 Å². The van der Waals surface area contributed by atoms with Crippen LogP contribution in [0.4, 0.5) is 5.69 Å². The average molecular weight is 333 g/mol. The molecule has 0 spiro atoms. The Hall–Kier alpha value is -2.64. The van der Waals surface area contributed by atoms with Crippen LogP contribution in [0.15, 0.2) is 36.4 Å². The summed E-state index contributed by atoms with van der Waals surface area (Å²) in [6.07, 6.45) is 2.37. The Morgan fingerprint density at radius 3 is 2.72 bits per heavy atom. The van der Waals surface area contributed by atoms with Gasteiger partial charge in [-0.05, 0) is 60.7 Å². The van der Waals surface area contributed by atoms with Crippen molar-refractivity contribution in [3.05, 3.63) is 64.2 Å². The predicted octanol–water partition coefficient (Wildman–Crippen LogP) is 3.11. The number of amides is 1. The fraction of sp³-hybridized carbons (Fsp3) is 0.333. The van der Waals surface area contributed by atoms with Crippen LogP contribution in [0.25, 0.3) is 0 Å². The van der Waals surface area contributed by atoms with Crippen LogP contribution in [0.1, 0.15) is 34.2 Å². The molecule has 3 rings (SSSR count). The molecule has 2 aromatic carbocycles. The second-order valence-corrected chi connectivity index (χ2v) is 6.60. The predicted molar refractivity (Wildman–Crippen MR) is 99.5 cm³/mol. The van der Waals surface area contributed by atoms with Gasteiger partial charge in [0.2, 0.25) is 5.91 Å². The van der Waals surface area contributed by atoms with E-state index in [1.54, 1.807) is 4.90 Å². The van der Waals surface area contributed by atoms with Crippen LogP contribution in [0.3, 0.4) is 0 Å². The number of nitrogens with zero attached hydrogens (tertiary/aromatic N) is 2. The number of benzene rings is 2. The van der Waals surface area contributed by atoms with Gasteiger partial charge in [0.05, 0.1) is 11.6 Å². The molecule has 0 radical (unpaired) electrons. The standard InChI is InChI=1S/C21H23N3O/c1-15-11-16(3-5-19(15)13-22)9-10-23-14-17-4-7-20-18(12-17)6-8-21(25)24(20)2/h3-5,7,11-12,23H,6,8-10,14H2,1-2H3. The Bertz CT molecular complexity index is 836. The normalized spacial score (nSPS) is 13.5. The van der Waals surface area contributed by atoms with Crippen molar-refractivity contribution in [3.8, 4) is 6.07 Å². The van der Waals surface area contributed by atoms with Gasteiger partial charge in [0, 0.05) is 25.7 Å². The van der Waals surface area contributed by atoms with Crippen molar-refractivity contribution >= 4 is 11.6 Å². The van der Waals surface area contributed by atoms with Crippen molar-refractivity contribution in [2.24, 2.45) is 0 Å². The number of aryl methyl sites for hydroxylation is 2. The maximum Gasteiger partial charge on any atom is 0.227 e. The molecule has 4 heteroatoms. The minimum Gasteiger partial charge on any atom is -0.315 e. The molecule has 1 amide bonds. The molecule has 25 heavy (non-hydrogen) atoms.